The number of likely N-dealkylation sites (N-methyl/N-ethyl adjacent to an activating group) is 1. The number of nitro groups is 1. The molecule has 0 saturated heterocycles. The third-order valence-electron chi connectivity index (χ3n) is 2.87. The summed E-state index contributed by atoms with van der Waals surface area (Å²) in [7, 11) is 1.49. The molecule has 0 atom stereocenters. The van der Waals surface area contributed by atoms with Crippen LogP contribution in [0.3, 0.4) is 0 Å². The number of nitrogens with one attached hydrogen (secondary N) is 1. The van der Waals surface area contributed by atoms with E-state index in [1.807, 2.05) is 6.92 Å². The summed E-state index contributed by atoms with van der Waals surface area (Å²) in [6, 6.07) is 3.60. The van der Waals surface area contributed by atoms with Crippen molar-refractivity contribution in [3.05, 3.63) is 33.9 Å². The van der Waals surface area contributed by atoms with Crippen molar-refractivity contribution in [2.45, 2.75) is 13.3 Å². The first kappa shape index (κ1) is 16.4. The predicted octanol–water partition coefficient (Wildman–Crippen LogP) is 1.26. The maximum Gasteiger partial charge on any atom is 0.338 e. The summed E-state index contributed by atoms with van der Waals surface area (Å²) < 4.78 is 0. The standard InChI is InChI=1S/C13H17N3O5/c1-3-6-15(8-12(17)14-2)11-5-4-9(16(20)21)7-10(11)13(18)19/h4-5,7H,3,6,8H2,1-2H3,(H,14,17)(H,18,19). The van der Waals surface area contributed by atoms with Gasteiger partial charge in [0, 0.05) is 25.7 Å². The van der Waals surface area contributed by atoms with E-state index < -0.39 is 10.9 Å². The normalized spacial score (nSPS) is 10.0. The lowest BCUT2D eigenvalue weighted by Gasteiger charge is -2.24. The quantitative estimate of drug-likeness (QED) is 0.578. The molecule has 0 heterocycles. The second-order valence-corrected chi connectivity index (χ2v) is 4.36. The summed E-state index contributed by atoms with van der Waals surface area (Å²) in [6.45, 7) is 2.34. The second kappa shape index (κ2) is 7.22. The molecule has 0 fully saturated rings. The van der Waals surface area contributed by atoms with Gasteiger partial charge in [-0.15, -0.1) is 0 Å². The Kier molecular flexibility index (Phi) is 5.65. The van der Waals surface area contributed by atoms with Gasteiger partial charge in [-0.3, -0.25) is 14.9 Å². The van der Waals surface area contributed by atoms with E-state index in [0.717, 1.165) is 6.07 Å². The maximum atomic E-state index is 11.5. The zero-order valence-corrected chi connectivity index (χ0v) is 11.8. The third kappa shape index (κ3) is 4.16. The Balaban J connectivity index is 3.26. The summed E-state index contributed by atoms with van der Waals surface area (Å²) in [4.78, 5) is 34.5. The summed E-state index contributed by atoms with van der Waals surface area (Å²) >= 11 is 0. The molecule has 1 amide bonds. The molecule has 0 aliphatic carbocycles. The van der Waals surface area contributed by atoms with Crippen LogP contribution in [0.4, 0.5) is 11.4 Å². The van der Waals surface area contributed by atoms with E-state index in [1.54, 1.807) is 4.90 Å². The van der Waals surface area contributed by atoms with E-state index in [2.05, 4.69) is 5.32 Å². The molecule has 0 bridgehead atoms. The van der Waals surface area contributed by atoms with E-state index in [-0.39, 0.29) is 23.7 Å². The molecule has 0 radical (unpaired) electrons. The van der Waals surface area contributed by atoms with Gasteiger partial charge in [-0.25, -0.2) is 4.79 Å². The summed E-state index contributed by atoms with van der Waals surface area (Å²) in [5.74, 6) is -1.54. The molecule has 2 N–H and O–H groups in total. The van der Waals surface area contributed by atoms with Crippen LogP contribution in [0.25, 0.3) is 0 Å². The fourth-order valence-electron chi connectivity index (χ4n) is 1.89. The Hall–Kier alpha value is -2.64. The number of hydrogen-bond acceptors (Lipinski definition) is 5. The first-order valence-corrected chi connectivity index (χ1v) is 6.38. The van der Waals surface area contributed by atoms with Gasteiger partial charge >= 0.3 is 5.97 Å². The van der Waals surface area contributed by atoms with Crippen molar-refractivity contribution in [3.63, 3.8) is 0 Å². The average molecular weight is 295 g/mol. The number of carboxylic acids is 1. The van der Waals surface area contributed by atoms with Crippen molar-refractivity contribution in [1.29, 1.82) is 0 Å². The predicted molar refractivity (Wildman–Crippen MR) is 76.6 cm³/mol. The van der Waals surface area contributed by atoms with Crippen LogP contribution >= 0.6 is 0 Å². The molecule has 1 aromatic rings. The lowest BCUT2D eigenvalue weighted by molar-refractivity contribution is -0.384. The number of benzene rings is 1. The number of nitrogens with zero attached hydrogens (tertiary/aromatic N) is 2. The largest absolute Gasteiger partial charge is 0.478 e. The topological polar surface area (TPSA) is 113 Å². The third-order valence-corrected chi connectivity index (χ3v) is 2.87. The molecule has 0 saturated carbocycles. The van der Waals surface area contributed by atoms with E-state index in [1.165, 1.54) is 19.2 Å². The number of carbonyl (C=O) groups is 2. The van der Waals surface area contributed by atoms with Crippen LogP contribution in [0.2, 0.25) is 0 Å². The van der Waals surface area contributed by atoms with Gasteiger partial charge in [0.15, 0.2) is 0 Å². The molecular formula is C13H17N3O5. The second-order valence-electron chi connectivity index (χ2n) is 4.36. The highest BCUT2D eigenvalue weighted by Crippen LogP contribution is 2.25. The van der Waals surface area contributed by atoms with E-state index in [0.29, 0.717) is 18.7 Å². The number of amides is 1. The Morgan fingerprint density at radius 2 is 2.10 bits per heavy atom. The molecule has 0 aromatic heterocycles. The lowest BCUT2D eigenvalue weighted by atomic mass is 10.1. The van der Waals surface area contributed by atoms with Gasteiger partial charge in [0.25, 0.3) is 5.69 Å². The van der Waals surface area contributed by atoms with Gasteiger partial charge in [0.2, 0.25) is 5.91 Å². The number of aromatic carboxylic acids is 1. The van der Waals surface area contributed by atoms with Crippen LogP contribution < -0.4 is 10.2 Å². The molecule has 0 aliphatic heterocycles. The fraction of sp³-hybridized carbons (Fsp3) is 0.385. The summed E-state index contributed by atoms with van der Waals surface area (Å²) in [5.41, 5.74) is -0.201. The van der Waals surface area contributed by atoms with Crippen molar-refractivity contribution in [2.75, 3.05) is 25.0 Å². The average Bonchev–Trinajstić information content (AvgIpc) is 2.45. The van der Waals surface area contributed by atoms with Gasteiger partial charge in [-0.1, -0.05) is 6.92 Å². The molecule has 1 rings (SSSR count). The maximum absolute atomic E-state index is 11.5. The Bertz CT molecular complexity index is 559. The first-order valence-electron chi connectivity index (χ1n) is 6.38. The fourth-order valence-corrected chi connectivity index (χ4v) is 1.89. The number of hydrogen-bond donors (Lipinski definition) is 2. The number of carboxylic acid groups (broad SMARTS) is 1. The van der Waals surface area contributed by atoms with E-state index in [9.17, 15) is 24.8 Å². The Morgan fingerprint density at radius 1 is 1.43 bits per heavy atom. The zero-order chi connectivity index (χ0) is 16.0. The van der Waals surface area contributed by atoms with Crippen molar-refractivity contribution in [2.24, 2.45) is 0 Å². The van der Waals surface area contributed by atoms with Crippen LogP contribution in [0.5, 0.6) is 0 Å². The molecule has 0 spiro atoms. The van der Waals surface area contributed by atoms with Gasteiger partial charge in [0.05, 0.1) is 22.7 Å². The van der Waals surface area contributed by atoms with Crippen LogP contribution in [0, 0.1) is 10.1 Å². The highest BCUT2D eigenvalue weighted by Gasteiger charge is 2.21. The van der Waals surface area contributed by atoms with Crippen molar-refractivity contribution >= 4 is 23.3 Å². The molecule has 0 unspecified atom stereocenters. The number of anilines is 1. The summed E-state index contributed by atoms with van der Waals surface area (Å²) in [5, 5.41) is 22.4. The summed E-state index contributed by atoms with van der Waals surface area (Å²) in [6.07, 6.45) is 0.701. The molecule has 1 aromatic carbocycles. The molecular weight excluding hydrogens is 278 g/mol. The van der Waals surface area contributed by atoms with Crippen molar-refractivity contribution < 1.29 is 19.6 Å². The van der Waals surface area contributed by atoms with Crippen LogP contribution in [0.1, 0.15) is 23.7 Å². The van der Waals surface area contributed by atoms with Gasteiger partial charge in [-0.05, 0) is 12.5 Å². The number of rotatable bonds is 7. The molecule has 8 heteroatoms. The highest BCUT2D eigenvalue weighted by molar-refractivity contribution is 5.96. The van der Waals surface area contributed by atoms with Gasteiger partial charge in [0.1, 0.15) is 0 Å². The number of non-ortho nitro benzene ring substituents is 1. The number of nitro benzene ring substituents is 1. The Labute approximate surface area is 121 Å². The van der Waals surface area contributed by atoms with E-state index in [4.69, 9.17) is 0 Å². The molecule has 114 valence electrons. The monoisotopic (exact) mass is 295 g/mol. The molecule has 0 aliphatic rings. The van der Waals surface area contributed by atoms with Gasteiger partial charge < -0.3 is 15.3 Å². The zero-order valence-electron chi connectivity index (χ0n) is 11.8. The van der Waals surface area contributed by atoms with Crippen molar-refractivity contribution in [3.8, 4) is 0 Å². The number of carbonyl (C=O) groups excluding carboxylic acids is 1. The minimum absolute atomic E-state index is 0.0115. The highest BCUT2D eigenvalue weighted by atomic mass is 16.6. The minimum atomic E-state index is -1.27. The van der Waals surface area contributed by atoms with Crippen LogP contribution in [-0.2, 0) is 4.79 Å². The Morgan fingerprint density at radius 3 is 2.57 bits per heavy atom. The first-order chi connectivity index (χ1) is 9.90. The molecule has 8 nitrogen and oxygen atoms in total. The van der Waals surface area contributed by atoms with Crippen LogP contribution in [-0.4, -0.2) is 42.0 Å². The lowest BCUT2D eigenvalue weighted by Crippen LogP contribution is -2.36. The SMILES string of the molecule is CCCN(CC(=O)NC)c1ccc([N+](=O)[O-])cc1C(=O)O. The van der Waals surface area contributed by atoms with Crippen LogP contribution in [0.15, 0.2) is 18.2 Å². The van der Waals surface area contributed by atoms with E-state index >= 15 is 0 Å². The molecule has 21 heavy (non-hydrogen) atoms. The van der Waals surface area contributed by atoms with Gasteiger partial charge in [-0.2, -0.15) is 0 Å². The smallest absolute Gasteiger partial charge is 0.338 e. The van der Waals surface area contributed by atoms with Crippen molar-refractivity contribution in [1.82, 2.24) is 5.32 Å². The minimum Gasteiger partial charge on any atom is -0.478 e.